The molecule has 7 nitrogen and oxygen atoms in total. The molecule has 2 fully saturated rings. The minimum atomic E-state index is -0.704. The molecule has 0 aromatic heterocycles. The highest BCUT2D eigenvalue weighted by atomic mass is 19.1. The summed E-state index contributed by atoms with van der Waals surface area (Å²) in [6.45, 7) is 6.33. The van der Waals surface area contributed by atoms with E-state index >= 15 is 0 Å². The van der Waals surface area contributed by atoms with Crippen LogP contribution in [0.2, 0.25) is 0 Å². The number of nitrogens with zero attached hydrogens (tertiary/aromatic N) is 3. The molecule has 3 aliphatic heterocycles. The van der Waals surface area contributed by atoms with Gasteiger partial charge in [0.05, 0.1) is 0 Å². The Bertz CT molecular complexity index is 1110. The quantitative estimate of drug-likeness (QED) is 0.724. The zero-order valence-electron chi connectivity index (χ0n) is 18.6. The molecule has 0 bridgehead atoms. The molecule has 172 valence electrons. The van der Waals surface area contributed by atoms with Gasteiger partial charge in [0.2, 0.25) is 11.8 Å². The van der Waals surface area contributed by atoms with Crippen molar-refractivity contribution in [2.45, 2.75) is 38.9 Å². The van der Waals surface area contributed by atoms with Crippen LogP contribution in [0.15, 0.2) is 36.4 Å². The second kappa shape index (κ2) is 8.59. The molecule has 2 aromatic rings. The number of hydrogen-bond donors (Lipinski definition) is 1. The molecule has 3 aliphatic rings. The lowest BCUT2D eigenvalue weighted by Crippen LogP contribution is -2.52. The highest BCUT2D eigenvalue weighted by Gasteiger charge is 2.41. The summed E-state index contributed by atoms with van der Waals surface area (Å²) in [5.41, 5.74) is 4.31. The Balaban J connectivity index is 1.31. The smallest absolute Gasteiger partial charge is 0.255 e. The van der Waals surface area contributed by atoms with Gasteiger partial charge in [-0.15, -0.1) is 0 Å². The summed E-state index contributed by atoms with van der Waals surface area (Å²) in [6, 6.07) is 10.6. The van der Waals surface area contributed by atoms with Crippen molar-refractivity contribution in [2.24, 2.45) is 0 Å². The number of anilines is 1. The summed E-state index contributed by atoms with van der Waals surface area (Å²) in [5, 5.41) is 2.31. The zero-order chi connectivity index (χ0) is 23.1. The van der Waals surface area contributed by atoms with Crippen LogP contribution in [0.4, 0.5) is 10.1 Å². The van der Waals surface area contributed by atoms with Gasteiger partial charge in [-0.05, 0) is 31.0 Å². The highest BCUT2D eigenvalue weighted by Crippen LogP contribution is 2.35. The first kappa shape index (κ1) is 21.6. The third-order valence-corrected chi connectivity index (χ3v) is 6.84. The number of fused-ring (bicyclic) bond motifs is 1. The molecule has 1 unspecified atom stereocenters. The van der Waals surface area contributed by atoms with Crippen molar-refractivity contribution in [3.05, 3.63) is 64.5 Å². The predicted octanol–water partition coefficient (Wildman–Crippen LogP) is 2.22. The number of piperazine rings is 1. The molecule has 2 saturated heterocycles. The molecule has 0 aliphatic carbocycles. The first-order valence-electron chi connectivity index (χ1n) is 11.4. The largest absolute Gasteiger partial charge is 0.369 e. The Morgan fingerprint density at radius 3 is 2.45 bits per heavy atom. The van der Waals surface area contributed by atoms with Gasteiger partial charge >= 0.3 is 0 Å². The number of amides is 3. The van der Waals surface area contributed by atoms with E-state index in [4.69, 9.17) is 0 Å². The molecule has 8 heteroatoms. The normalized spacial score (nSPS) is 21.4. The molecular formula is C25H27FN4O3. The van der Waals surface area contributed by atoms with Crippen LogP contribution in [-0.4, -0.2) is 59.7 Å². The summed E-state index contributed by atoms with van der Waals surface area (Å²) >= 11 is 0. The van der Waals surface area contributed by atoms with Gasteiger partial charge in [0.1, 0.15) is 11.9 Å². The number of aryl methyl sites for hydroxylation is 1. The number of imide groups is 1. The molecule has 0 saturated carbocycles. The second-order valence-corrected chi connectivity index (χ2v) is 9.10. The monoisotopic (exact) mass is 450 g/mol. The first-order valence-corrected chi connectivity index (χ1v) is 11.4. The van der Waals surface area contributed by atoms with Crippen LogP contribution in [0.1, 0.15) is 39.9 Å². The number of benzene rings is 2. The number of halogens is 1. The number of hydrogen-bond acceptors (Lipinski definition) is 5. The van der Waals surface area contributed by atoms with E-state index in [-0.39, 0.29) is 24.8 Å². The van der Waals surface area contributed by atoms with E-state index in [0.29, 0.717) is 12.0 Å². The minimum absolute atomic E-state index is 0.195. The summed E-state index contributed by atoms with van der Waals surface area (Å²) in [6.07, 6.45) is 0.487. The van der Waals surface area contributed by atoms with Crippen LogP contribution in [0, 0.1) is 12.7 Å². The Hall–Kier alpha value is -3.26. The van der Waals surface area contributed by atoms with Gasteiger partial charge in [0.25, 0.3) is 5.91 Å². The summed E-state index contributed by atoms with van der Waals surface area (Å²) in [7, 11) is 0. The van der Waals surface area contributed by atoms with Gasteiger partial charge in [0, 0.05) is 62.5 Å². The number of piperidine rings is 1. The SMILES string of the molecule is Cc1ccc(CN2CCN(c3cc(F)cc4c3CN(C3CCC(=O)NC3=O)C4=O)CC2)cc1. The van der Waals surface area contributed by atoms with Crippen molar-refractivity contribution < 1.29 is 18.8 Å². The van der Waals surface area contributed by atoms with E-state index in [2.05, 4.69) is 46.3 Å². The molecule has 2 aromatic carbocycles. The van der Waals surface area contributed by atoms with Gasteiger partial charge in [0.15, 0.2) is 0 Å². The first-order chi connectivity index (χ1) is 15.9. The van der Waals surface area contributed by atoms with E-state index in [1.54, 1.807) is 0 Å². The summed E-state index contributed by atoms with van der Waals surface area (Å²) < 4.78 is 14.5. The van der Waals surface area contributed by atoms with Crippen molar-refractivity contribution in [3.8, 4) is 0 Å². The van der Waals surface area contributed by atoms with Crippen molar-refractivity contribution in [1.82, 2.24) is 15.1 Å². The van der Waals surface area contributed by atoms with Crippen LogP contribution in [0.5, 0.6) is 0 Å². The minimum Gasteiger partial charge on any atom is -0.369 e. The Kier molecular flexibility index (Phi) is 5.62. The summed E-state index contributed by atoms with van der Waals surface area (Å²) in [5.74, 6) is -1.59. The number of rotatable bonds is 4. The molecule has 1 atom stereocenters. The molecule has 5 rings (SSSR count). The maximum atomic E-state index is 14.5. The number of carbonyl (C=O) groups excluding carboxylic acids is 3. The lowest BCUT2D eigenvalue weighted by atomic mass is 10.0. The van der Waals surface area contributed by atoms with Gasteiger partial charge in [-0.25, -0.2) is 4.39 Å². The van der Waals surface area contributed by atoms with Crippen molar-refractivity contribution in [3.63, 3.8) is 0 Å². The average molecular weight is 451 g/mol. The van der Waals surface area contributed by atoms with E-state index < -0.39 is 17.8 Å². The Labute approximate surface area is 192 Å². The van der Waals surface area contributed by atoms with E-state index in [0.717, 1.165) is 44.0 Å². The number of nitrogens with one attached hydrogen (secondary N) is 1. The fraction of sp³-hybridized carbons (Fsp3) is 0.400. The third kappa shape index (κ3) is 4.23. The molecule has 3 heterocycles. The molecule has 0 radical (unpaired) electrons. The zero-order valence-corrected chi connectivity index (χ0v) is 18.6. The van der Waals surface area contributed by atoms with Crippen molar-refractivity contribution in [1.29, 1.82) is 0 Å². The maximum Gasteiger partial charge on any atom is 0.255 e. The van der Waals surface area contributed by atoms with E-state index in [1.165, 1.54) is 28.2 Å². The van der Waals surface area contributed by atoms with Crippen LogP contribution in [0.3, 0.4) is 0 Å². The topological polar surface area (TPSA) is 73.0 Å². The fourth-order valence-electron chi connectivity index (χ4n) is 4.99. The van der Waals surface area contributed by atoms with Gasteiger partial charge < -0.3 is 9.80 Å². The molecule has 33 heavy (non-hydrogen) atoms. The lowest BCUT2D eigenvalue weighted by molar-refractivity contribution is -0.136. The fourth-order valence-corrected chi connectivity index (χ4v) is 4.99. The molecule has 1 N–H and O–H groups in total. The second-order valence-electron chi connectivity index (χ2n) is 9.10. The molecule has 3 amide bonds. The van der Waals surface area contributed by atoms with E-state index in [1.807, 2.05) is 0 Å². The predicted molar refractivity (Wildman–Crippen MR) is 121 cm³/mol. The van der Waals surface area contributed by atoms with Crippen LogP contribution >= 0.6 is 0 Å². The Morgan fingerprint density at radius 2 is 1.76 bits per heavy atom. The summed E-state index contributed by atoms with van der Waals surface area (Å²) in [4.78, 5) is 42.9. The highest BCUT2D eigenvalue weighted by molar-refractivity contribution is 6.06. The van der Waals surface area contributed by atoms with Gasteiger partial charge in [-0.2, -0.15) is 0 Å². The lowest BCUT2D eigenvalue weighted by Gasteiger charge is -2.37. The van der Waals surface area contributed by atoms with Crippen molar-refractivity contribution in [2.75, 3.05) is 31.1 Å². The van der Waals surface area contributed by atoms with Gasteiger partial charge in [-0.1, -0.05) is 29.8 Å². The van der Waals surface area contributed by atoms with E-state index in [9.17, 15) is 18.8 Å². The number of carbonyl (C=O) groups is 3. The standard InChI is InChI=1S/C25H27FN4O3/c1-16-2-4-17(5-3-16)14-28-8-10-29(11-9-28)22-13-18(26)12-19-20(22)15-30(25(19)33)21-6-7-23(31)27-24(21)32/h2-5,12-13,21H,6-11,14-15H2,1H3,(H,27,31,32). The van der Waals surface area contributed by atoms with Crippen molar-refractivity contribution >= 4 is 23.4 Å². The van der Waals surface area contributed by atoms with Crippen LogP contribution in [0.25, 0.3) is 0 Å². The van der Waals surface area contributed by atoms with Gasteiger partial charge in [-0.3, -0.25) is 24.6 Å². The van der Waals surface area contributed by atoms with Crippen LogP contribution in [-0.2, 0) is 22.7 Å². The Morgan fingerprint density at radius 1 is 1.03 bits per heavy atom. The maximum absolute atomic E-state index is 14.5. The molecular weight excluding hydrogens is 423 g/mol. The molecule has 0 spiro atoms. The third-order valence-electron chi connectivity index (χ3n) is 6.84. The van der Waals surface area contributed by atoms with Crippen LogP contribution < -0.4 is 10.2 Å². The average Bonchev–Trinajstić information content (AvgIpc) is 3.11.